The number of carbonyl (C=O) groups is 1. The molecule has 0 aliphatic carbocycles. The van der Waals surface area contributed by atoms with Gasteiger partial charge in [0.25, 0.3) is 0 Å². The van der Waals surface area contributed by atoms with Gasteiger partial charge in [-0.15, -0.1) is 11.3 Å². The number of likely N-dealkylation sites (N-methyl/N-ethyl adjacent to an activating group) is 1. The fourth-order valence-electron chi connectivity index (χ4n) is 1.63. The number of nitrogens with one attached hydrogen (secondary N) is 1. The van der Waals surface area contributed by atoms with Crippen molar-refractivity contribution in [1.29, 1.82) is 0 Å². The van der Waals surface area contributed by atoms with E-state index < -0.39 is 5.97 Å². The fraction of sp³-hybridized carbons (Fsp3) is 0.667. The van der Waals surface area contributed by atoms with Gasteiger partial charge < -0.3 is 15.3 Å². The zero-order valence-corrected chi connectivity index (χ0v) is 12.1. The van der Waals surface area contributed by atoms with E-state index in [-0.39, 0.29) is 5.01 Å². The summed E-state index contributed by atoms with van der Waals surface area (Å²) >= 11 is 1.17. The minimum absolute atomic E-state index is 0.153. The van der Waals surface area contributed by atoms with Gasteiger partial charge in [-0.1, -0.05) is 13.8 Å². The van der Waals surface area contributed by atoms with Gasteiger partial charge >= 0.3 is 5.97 Å². The smallest absolute Gasteiger partial charge is 0.365 e. The van der Waals surface area contributed by atoms with Gasteiger partial charge in [-0.3, -0.25) is 0 Å². The Hall–Kier alpha value is -0.980. The second-order valence-electron chi connectivity index (χ2n) is 4.94. The van der Waals surface area contributed by atoms with Gasteiger partial charge in [-0.2, -0.15) is 0 Å². The number of rotatable bonds is 7. The molecule has 1 heterocycles. The van der Waals surface area contributed by atoms with Gasteiger partial charge in [0.1, 0.15) is 0 Å². The Morgan fingerprint density at radius 2 is 2.22 bits per heavy atom. The summed E-state index contributed by atoms with van der Waals surface area (Å²) in [6, 6.07) is 0.370. The SMILES string of the molecule is CC(C)C(CN(C)C)NCc1csc(C(=O)O)n1. The monoisotopic (exact) mass is 271 g/mol. The van der Waals surface area contributed by atoms with E-state index in [0.717, 1.165) is 12.2 Å². The van der Waals surface area contributed by atoms with Gasteiger partial charge in [-0.25, -0.2) is 9.78 Å². The van der Waals surface area contributed by atoms with Crippen molar-refractivity contribution < 1.29 is 9.90 Å². The maximum absolute atomic E-state index is 10.7. The van der Waals surface area contributed by atoms with Crippen molar-refractivity contribution in [1.82, 2.24) is 15.2 Å². The van der Waals surface area contributed by atoms with E-state index in [9.17, 15) is 4.79 Å². The van der Waals surface area contributed by atoms with Crippen molar-refractivity contribution in [2.24, 2.45) is 5.92 Å². The molecule has 0 fully saturated rings. The summed E-state index contributed by atoms with van der Waals surface area (Å²) in [4.78, 5) is 16.9. The van der Waals surface area contributed by atoms with E-state index in [2.05, 4.69) is 29.0 Å². The molecule has 0 aliphatic rings. The van der Waals surface area contributed by atoms with Crippen LogP contribution in [0.2, 0.25) is 0 Å². The summed E-state index contributed by atoms with van der Waals surface area (Å²) < 4.78 is 0. The molecular formula is C12H21N3O2S. The lowest BCUT2D eigenvalue weighted by molar-refractivity contribution is 0.0696. The third-order valence-electron chi connectivity index (χ3n) is 2.65. The average Bonchev–Trinajstić information content (AvgIpc) is 2.72. The third-order valence-corrected chi connectivity index (χ3v) is 3.53. The predicted molar refractivity (Wildman–Crippen MR) is 73.1 cm³/mol. The van der Waals surface area contributed by atoms with Crippen LogP contribution < -0.4 is 5.32 Å². The first-order chi connectivity index (χ1) is 8.40. The molecule has 102 valence electrons. The zero-order chi connectivity index (χ0) is 13.7. The van der Waals surface area contributed by atoms with Gasteiger partial charge in [-0.05, 0) is 20.0 Å². The van der Waals surface area contributed by atoms with E-state index in [0.29, 0.717) is 18.5 Å². The van der Waals surface area contributed by atoms with Crippen LogP contribution in [0, 0.1) is 5.92 Å². The number of carboxylic acid groups (broad SMARTS) is 1. The summed E-state index contributed by atoms with van der Waals surface area (Å²) in [5.74, 6) is -0.440. The van der Waals surface area contributed by atoms with Crippen molar-refractivity contribution in [3.05, 3.63) is 16.1 Å². The number of thiazole rings is 1. The van der Waals surface area contributed by atoms with E-state index in [1.807, 2.05) is 14.1 Å². The molecule has 18 heavy (non-hydrogen) atoms. The summed E-state index contributed by atoms with van der Waals surface area (Å²) in [5.41, 5.74) is 0.793. The molecule has 0 spiro atoms. The molecule has 0 saturated carbocycles. The largest absolute Gasteiger partial charge is 0.476 e. The molecule has 1 aromatic rings. The van der Waals surface area contributed by atoms with Crippen molar-refractivity contribution in [3.63, 3.8) is 0 Å². The number of carboxylic acids is 1. The number of nitrogens with zero attached hydrogens (tertiary/aromatic N) is 2. The van der Waals surface area contributed by atoms with Crippen molar-refractivity contribution in [2.45, 2.75) is 26.4 Å². The van der Waals surface area contributed by atoms with Crippen LogP contribution in [0.1, 0.15) is 29.3 Å². The van der Waals surface area contributed by atoms with Crippen LogP contribution in [0.4, 0.5) is 0 Å². The van der Waals surface area contributed by atoms with Crippen molar-refractivity contribution in [3.8, 4) is 0 Å². The Morgan fingerprint density at radius 1 is 1.56 bits per heavy atom. The Morgan fingerprint density at radius 3 is 2.67 bits per heavy atom. The molecule has 1 aromatic heterocycles. The minimum atomic E-state index is -0.958. The van der Waals surface area contributed by atoms with Crippen molar-refractivity contribution in [2.75, 3.05) is 20.6 Å². The fourth-order valence-corrected chi connectivity index (χ4v) is 2.28. The highest BCUT2D eigenvalue weighted by Gasteiger charge is 2.15. The lowest BCUT2D eigenvalue weighted by Gasteiger charge is -2.25. The molecule has 5 nitrogen and oxygen atoms in total. The van der Waals surface area contributed by atoms with Crippen LogP contribution in [0.3, 0.4) is 0 Å². The van der Waals surface area contributed by atoms with Crippen LogP contribution >= 0.6 is 11.3 Å². The molecular weight excluding hydrogens is 250 g/mol. The first-order valence-corrected chi connectivity index (χ1v) is 6.84. The number of aromatic carboxylic acids is 1. The molecule has 0 aromatic carbocycles. The molecule has 0 aliphatic heterocycles. The molecule has 0 radical (unpaired) electrons. The Bertz CT molecular complexity index is 390. The van der Waals surface area contributed by atoms with Crippen LogP contribution in [0.15, 0.2) is 5.38 Å². The molecule has 0 amide bonds. The highest BCUT2D eigenvalue weighted by molar-refractivity contribution is 7.11. The molecule has 0 bridgehead atoms. The normalized spacial score (nSPS) is 13.2. The van der Waals surface area contributed by atoms with Gasteiger partial charge in [0, 0.05) is 24.5 Å². The second-order valence-corrected chi connectivity index (χ2v) is 5.80. The highest BCUT2D eigenvalue weighted by Crippen LogP contribution is 2.10. The van der Waals surface area contributed by atoms with E-state index in [1.54, 1.807) is 5.38 Å². The Kier molecular flexibility index (Phi) is 5.71. The first-order valence-electron chi connectivity index (χ1n) is 5.96. The molecule has 1 rings (SSSR count). The standard InChI is InChI=1S/C12H21N3O2S/c1-8(2)10(6-15(3)4)13-5-9-7-18-11(14-9)12(16)17/h7-8,10,13H,5-6H2,1-4H3,(H,16,17). The Labute approximate surface area is 112 Å². The van der Waals surface area contributed by atoms with Crippen LogP contribution in [-0.2, 0) is 6.54 Å². The molecule has 0 saturated heterocycles. The Balaban J connectivity index is 2.53. The summed E-state index contributed by atoms with van der Waals surface area (Å²) in [6.45, 7) is 5.91. The molecule has 1 unspecified atom stereocenters. The molecule has 1 atom stereocenters. The van der Waals surface area contributed by atoms with Gasteiger partial charge in [0.15, 0.2) is 0 Å². The minimum Gasteiger partial charge on any atom is -0.476 e. The zero-order valence-electron chi connectivity index (χ0n) is 11.3. The number of hydrogen-bond acceptors (Lipinski definition) is 5. The van der Waals surface area contributed by atoms with E-state index in [1.165, 1.54) is 11.3 Å². The van der Waals surface area contributed by atoms with E-state index in [4.69, 9.17) is 5.11 Å². The van der Waals surface area contributed by atoms with Crippen molar-refractivity contribution >= 4 is 17.3 Å². The average molecular weight is 271 g/mol. The quantitative estimate of drug-likeness (QED) is 0.787. The van der Waals surface area contributed by atoms with Gasteiger partial charge in [0.05, 0.1) is 5.69 Å². The number of hydrogen-bond donors (Lipinski definition) is 2. The maximum atomic E-state index is 10.7. The predicted octanol–water partition coefficient (Wildman–Crippen LogP) is 1.52. The molecule has 2 N–H and O–H groups in total. The van der Waals surface area contributed by atoms with Gasteiger partial charge in [0.2, 0.25) is 5.01 Å². The first kappa shape index (κ1) is 15.1. The topological polar surface area (TPSA) is 65.5 Å². The van der Waals surface area contributed by atoms with E-state index >= 15 is 0 Å². The summed E-state index contributed by atoms with van der Waals surface area (Å²) in [6.07, 6.45) is 0. The van der Waals surface area contributed by atoms with Crippen LogP contribution in [0.25, 0.3) is 0 Å². The lowest BCUT2D eigenvalue weighted by atomic mass is 10.0. The summed E-state index contributed by atoms with van der Waals surface area (Å²) in [7, 11) is 4.09. The molecule has 6 heteroatoms. The van der Waals surface area contributed by atoms with Crippen LogP contribution in [0.5, 0.6) is 0 Å². The third kappa shape index (κ3) is 4.72. The lowest BCUT2D eigenvalue weighted by Crippen LogP contribution is -2.41. The number of aromatic nitrogens is 1. The van der Waals surface area contributed by atoms with Crippen LogP contribution in [-0.4, -0.2) is 47.6 Å². The maximum Gasteiger partial charge on any atom is 0.365 e. The highest BCUT2D eigenvalue weighted by atomic mass is 32.1. The summed E-state index contributed by atoms with van der Waals surface area (Å²) in [5, 5.41) is 14.2. The second kappa shape index (κ2) is 6.82.